The van der Waals surface area contributed by atoms with E-state index in [1.807, 2.05) is 19.9 Å². The maximum absolute atomic E-state index is 12.9. The van der Waals surface area contributed by atoms with Gasteiger partial charge in [-0.3, -0.25) is 9.69 Å². The normalized spacial score (nSPS) is 16.4. The Hall–Kier alpha value is -2.15. The van der Waals surface area contributed by atoms with Crippen LogP contribution in [0, 0.1) is 20.8 Å². The van der Waals surface area contributed by atoms with Gasteiger partial charge in [0.15, 0.2) is 5.76 Å². The summed E-state index contributed by atoms with van der Waals surface area (Å²) in [5, 5.41) is 6.20. The molecule has 2 aromatic heterocycles. The second-order valence-electron chi connectivity index (χ2n) is 7.33. The number of fused-ring (bicyclic) bond motifs is 1. The Morgan fingerprint density at radius 2 is 1.96 bits per heavy atom. The standard InChI is InChI=1S/C22H26N2O3S/c1-14-6-7-17-16(3)21(27-20(17)15(14)2)22(25)23-13-18(19-5-4-12-28-19)24-8-10-26-11-9-24/h4-7,12,18H,8-11,13H2,1-3H3,(H,23,25)/t18-/m1/s1. The SMILES string of the molecule is Cc1ccc2c(C)c(C(=O)NC[C@H](c3cccs3)N3CCOCC3)oc2c1C. The number of hydrogen-bond acceptors (Lipinski definition) is 5. The van der Waals surface area contributed by atoms with Gasteiger partial charge in [-0.2, -0.15) is 0 Å². The number of hydrogen-bond donors (Lipinski definition) is 1. The molecule has 28 heavy (non-hydrogen) atoms. The van der Waals surface area contributed by atoms with Crippen molar-refractivity contribution in [3.63, 3.8) is 0 Å². The quantitative estimate of drug-likeness (QED) is 0.699. The van der Waals surface area contributed by atoms with Gasteiger partial charge in [-0.1, -0.05) is 18.2 Å². The van der Waals surface area contributed by atoms with Gasteiger partial charge in [-0.15, -0.1) is 11.3 Å². The summed E-state index contributed by atoms with van der Waals surface area (Å²) >= 11 is 1.73. The molecule has 1 N–H and O–H groups in total. The van der Waals surface area contributed by atoms with Gasteiger partial charge in [-0.05, 0) is 43.3 Å². The fourth-order valence-electron chi connectivity index (χ4n) is 3.78. The Morgan fingerprint density at radius 1 is 1.18 bits per heavy atom. The van der Waals surface area contributed by atoms with Gasteiger partial charge in [-0.25, -0.2) is 0 Å². The van der Waals surface area contributed by atoms with Gasteiger partial charge in [0.1, 0.15) is 5.58 Å². The molecule has 0 aliphatic carbocycles. The minimum Gasteiger partial charge on any atom is -0.450 e. The second kappa shape index (κ2) is 8.07. The van der Waals surface area contributed by atoms with Crippen LogP contribution in [0.2, 0.25) is 0 Å². The van der Waals surface area contributed by atoms with Crippen LogP contribution in [0.15, 0.2) is 34.1 Å². The largest absolute Gasteiger partial charge is 0.450 e. The topological polar surface area (TPSA) is 54.7 Å². The molecule has 1 fully saturated rings. The highest BCUT2D eigenvalue weighted by Gasteiger charge is 2.25. The Morgan fingerprint density at radius 3 is 2.68 bits per heavy atom. The predicted molar refractivity (Wildman–Crippen MR) is 112 cm³/mol. The maximum atomic E-state index is 12.9. The smallest absolute Gasteiger partial charge is 0.287 e. The first kappa shape index (κ1) is 19.2. The van der Waals surface area contributed by atoms with Crippen molar-refractivity contribution < 1.29 is 13.9 Å². The number of carbonyl (C=O) groups excluding carboxylic acids is 1. The zero-order valence-corrected chi connectivity index (χ0v) is 17.4. The number of rotatable bonds is 5. The number of furan rings is 1. The first-order valence-electron chi connectivity index (χ1n) is 9.69. The highest BCUT2D eigenvalue weighted by Crippen LogP contribution is 2.30. The summed E-state index contributed by atoms with van der Waals surface area (Å²) in [5.74, 6) is 0.260. The summed E-state index contributed by atoms with van der Waals surface area (Å²) < 4.78 is 11.5. The molecule has 4 rings (SSSR count). The van der Waals surface area contributed by atoms with Gasteiger partial charge in [0.05, 0.1) is 19.3 Å². The minimum atomic E-state index is -0.152. The number of carbonyl (C=O) groups is 1. The molecule has 3 heterocycles. The zero-order valence-electron chi connectivity index (χ0n) is 16.6. The fourth-order valence-corrected chi connectivity index (χ4v) is 4.64. The molecule has 3 aromatic rings. The average Bonchev–Trinajstić information content (AvgIpc) is 3.35. The third-order valence-corrected chi connectivity index (χ3v) is 6.62. The molecule has 1 saturated heterocycles. The lowest BCUT2D eigenvalue weighted by atomic mass is 10.0. The van der Waals surface area contributed by atoms with E-state index in [-0.39, 0.29) is 11.9 Å². The minimum absolute atomic E-state index is 0.152. The van der Waals surface area contributed by atoms with Crippen LogP contribution in [0.4, 0.5) is 0 Å². The number of benzene rings is 1. The average molecular weight is 399 g/mol. The number of morpholine rings is 1. The van der Waals surface area contributed by atoms with Crippen molar-refractivity contribution >= 4 is 28.2 Å². The fraction of sp³-hybridized carbons (Fsp3) is 0.409. The van der Waals surface area contributed by atoms with Gasteiger partial charge < -0.3 is 14.5 Å². The highest BCUT2D eigenvalue weighted by molar-refractivity contribution is 7.10. The summed E-state index contributed by atoms with van der Waals surface area (Å²) in [6.07, 6.45) is 0. The lowest BCUT2D eigenvalue weighted by molar-refractivity contribution is 0.0168. The Kier molecular flexibility index (Phi) is 5.53. The molecule has 1 aliphatic rings. The molecule has 148 valence electrons. The van der Waals surface area contributed by atoms with Crippen molar-refractivity contribution in [3.05, 3.63) is 57.0 Å². The number of amides is 1. The van der Waals surface area contributed by atoms with E-state index in [2.05, 4.69) is 40.7 Å². The van der Waals surface area contributed by atoms with Gasteiger partial charge in [0, 0.05) is 35.5 Å². The Bertz CT molecular complexity index is 971. The molecule has 1 aromatic carbocycles. The maximum Gasteiger partial charge on any atom is 0.287 e. The van der Waals surface area contributed by atoms with E-state index >= 15 is 0 Å². The van der Waals surface area contributed by atoms with Crippen molar-refractivity contribution in [1.82, 2.24) is 10.2 Å². The van der Waals surface area contributed by atoms with Gasteiger partial charge in [0.2, 0.25) is 0 Å². The summed E-state index contributed by atoms with van der Waals surface area (Å²) in [7, 11) is 0. The van der Waals surface area contributed by atoms with Crippen LogP contribution in [0.5, 0.6) is 0 Å². The molecule has 0 unspecified atom stereocenters. The van der Waals surface area contributed by atoms with Crippen LogP contribution in [0.1, 0.15) is 38.2 Å². The molecule has 1 aliphatic heterocycles. The number of ether oxygens (including phenoxy) is 1. The van der Waals surface area contributed by atoms with Crippen LogP contribution >= 0.6 is 11.3 Å². The van der Waals surface area contributed by atoms with Gasteiger partial charge >= 0.3 is 0 Å². The molecule has 6 heteroatoms. The zero-order chi connectivity index (χ0) is 19.7. The lowest BCUT2D eigenvalue weighted by Crippen LogP contribution is -2.43. The van der Waals surface area contributed by atoms with Crippen molar-refractivity contribution in [3.8, 4) is 0 Å². The Labute approximate surface area is 169 Å². The summed E-state index contributed by atoms with van der Waals surface area (Å²) in [4.78, 5) is 16.6. The van der Waals surface area contributed by atoms with Crippen LogP contribution < -0.4 is 5.32 Å². The van der Waals surface area contributed by atoms with Gasteiger partial charge in [0.25, 0.3) is 5.91 Å². The van der Waals surface area contributed by atoms with Crippen molar-refractivity contribution in [2.45, 2.75) is 26.8 Å². The molecule has 0 radical (unpaired) electrons. The second-order valence-corrected chi connectivity index (χ2v) is 8.31. The molecule has 0 spiro atoms. The summed E-state index contributed by atoms with van der Waals surface area (Å²) in [6, 6.07) is 8.46. The third kappa shape index (κ3) is 3.60. The van der Waals surface area contributed by atoms with E-state index in [1.165, 1.54) is 10.4 Å². The highest BCUT2D eigenvalue weighted by atomic mass is 32.1. The molecule has 5 nitrogen and oxygen atoms in total. The monoisotopic (exact) mass is 398 g/mol. The summed E-state index contributed by atoms with van der Waals surface area (Å²) in [5.41, 5.74) is 3.96. The van der Waals surface area contributed by atoms with Crippen LogP contribution in [-0.4, -0.2) is 43.7 Å². The van der Waals surface area contributed by atoms with Crippen molar-refractivity contribution in [2.75, 3.05) is 32.8 Å². The third-order valence-electron chi connectivity index (χ3n) is 5.65. The predicted octanol–water partition coefficient (Wildman–Crippen LogP) is 4.22. The lowest BCUT2D eigenvalue weighted by Gasteiger charge is -2.34. The molecule has 1 amide bonds. The number of thiophene rings is 1. The number of aryl methyl sites for hydroxylation is 3. The van der Waals surface area contributed by atoms with E-state index < -0.39 is 0 Å². The first-order valence-corrected chi connectivity index (χ1v) is 10.6. The number of nitrogens with zero attached hydrogens (tertiary/aromatic N) is 1. The van der Waals surface area contributed by atoms with E-state index in [0.29, 0.717) is 12.3 Å². The van der Waals surface area contributed by atoms with E-state index in [0.717, 1.165) is 48.4 Å². The molecule has 1 atom stereocenters. The molecule has 0 saturated carbocycles. The number of nitrogens with one attached hydrogen (secondary N) is 1. The van der Waals surface area contributed by atoms with E-state index in [4.69, 9.17) is 9.15 Å². The molecular weight excluding hydrogens is 372 g/mol. The van der Waals surface area contributed by atoms with E-state index in [9.17, 15) is 4.79 Å². The molecular formula is C22H26N2O3S. The van der Waals surface area contributed by atoms with E-state index in [1.54, 1.807) is 11.3 Å². The van der Waals surface area contributed by atoms with Crippen LogP contribution in [0.25, 0.3) is 11.0 Å². The van der Waals surface area contributed by atoms with Crippen LogP contribution in [-0.2, 0) is 4.74 Å². The first-order chi connectivity index (χ1) is 13.6. The van der Waals surface area contributed by atoms with Crippen molar-refractivity contribution in [1.29, 1.82) is 0 Å². The molecule has 0 bridgehead atoms. The summed E-state index contributed by atoms with van der Waals surface area (Å²) in [6.45, 7) is 9.81. The Balaban J connectivity index is 1.55. The van der Waals surface area contributed by atoms with Crippen LogP contribution in [0.3, 0.4) is 0 Å². The van der Waals surface area contributed by atoms with Crippen molar-refractivity contribution in [2.24, 2.45) is 0 Å².